The van der Waals surface area contributed by atoms with Gasteiger partial charge in [-0.2, -0.15) is 0 Å². The molecule has 0 bridgehead atoms. The van der Waals surface area contributed by atoms with Crippen molar-refractivity contribution in [3.8, 4) is 0 Å². The van der Waals surface area contributed by atoms with Crippen molar-refractivity contribution in [1.82, 2.24) is 0 Å². The maximum atomic E-state index is 12.6. The van der Waals surface area contributed by atoms with Crippen molar-refractivity contribution in [2.75, 3.05) is 5.75 Å². The van der Waals surface area contributed by atoms with Gasteiger partial charge in [-0.15, -0.1) is 11.8 Å². The van der Waals surface area contributed by atoms with Crippen molar-refractivity contribution >= 4 is 40.7 Å². The van der Waals surface area contributed by atoms with Crippen LogP contribution < -0.4 is 0 Å². The van der Waals surface area contributed by atoms with Gasteiger partial charge in [0.2, 0.25) is 0 Å². The van der Waals surface area contributed by atoms with Gasteiger partial charge in [-0.3, -0.25) is 4.79 Å². The fourth-order valence-electron chi connectivity index (χ4n) is 2.25. The summed E-state index contributed by atoms with van der Waals surface area (Å²) in [5.41, 5.74) is 1.60. The van der Waals surface area contributed by atoms with Crippen molar-refractivity contribution in [3.63, 3.8) is 0 Å². The second-order valence-electron chi connectivity index (χ2n) is 4.39. The molecule has 0 spiro atoms. The van der Waals surface area contributed by atoms with Crippen LogP contribution in [-0.4, -0.2) is 11.5 Å². The van der Waals surface area contributed by atoms with Crippen molar-refractivity contribution in [2.45, 2.75) is 10.8 Å². The second-order valence-corrected chi connectivity index (χ2v) is 6.30. The maximum Gasteiger partial charge on any atom is 0.172 e. The Kier molecular flexibility index (Phi) is 3.57. The first-order valence-electron chi connectivity index (χ1n) is 5.88. The van der Waals surface area contributed by atoms with E-state index in [1.807, 2.05) is 24.3 Å². The molecule has 1 aliphatic heterocycles. The highest BCUT2D eigenvalue weighted by Crippen LogP contribution is 2.41. The zero-order valence-electron chi connectivity index (χ0n) is 9.90. The molecular weight excluding hydrogens is 299 g/mol. The average molecular weight is 309 g/mol. The summed E-state index contributed by atoms with van der Waals surface area (Å²) < 4.78 is 0. The van der Waals surface area contributed by atoms with Gasteiger partial charge in [0, 0.05) is 21.2 Å². The van der Waals surface area contributed by atoms with Gasteiger partial charge in [0.25, 0.3) is 0 Å². The highest BCUT2D eigenvalue weighted by Gasteiger charge is 2.30. The number of rotatable bonds is 2. The van der Waals surface area contributed by atoms with Crippen LogP contribution in [0.1, 0.15) is 21.8 Å². The first-order valence-corrected chi connectivity index (χ1v) is 7.62. The van der Waals surface area contributed by atoms with Crippen LogP contribution in [0.3, 0.4) is 0 Å². The summed E-state index contributed by atoms with van der Waals surface area (Å²) in [5.74, 6) is 0.684. The minimum absolute atomic E-state index is 0.0463. The number of carbonyl (C=O) groups is 1. The first kappa shape index (κ1) is 13.0. The first-order chi connectivity index (χ1) is 9.16. The predicted octanol–water partition coefficient (Wildman–Crippen LogP) is 5.07. The summed E-state index contributed by atoms with van der Waals surface area (Å²) in [5, 5.41) is 0.996. The summed E-state index contributed by atoms with van der Waals surface area (Å²) in [7, 11) is 0. The molecule has 0 amide bonds. The Morgan fingerprint density at radius 1 is 1.16 bits per heavy atom. The van der Waals surface area contributed by atoms with Gasteiger partial charge >= 0.3 is 0 Å². The Morgan fingerprint density at radius 3 is 2.79 bits per heavy atom. The zero-order chi connectivity index (χ0) is 13.4. The molecule has 1 nitrogen and oxygen atoms in total. The molecule has 2 aromatic carbocycles. The molecule has 0 saturated heterocycles. The summed E-state index contributed by atoms with van der Waals surface area (Å²) >= 11 is 13.8. The standard InChI is InChI=1S/C15H10Cl2OS/c16-9-5-6-13(17)11(7-9)15(18)12-8-19-14-4-2-1-3-10(12)14/h1-7,12H,8H2. The molecule has 1 atom stereocenters. The molecule has 0 saturated carbocycles. The van der Waals surface area contributed by atoms with Gasteiger partial charge < -0.3 is 0 Å². The lowest BCUT2D eigenvalue weighted by atomic mass is 9.92. The van der Waals surface area contributed by atoms with Crippen LogP contribution >= 0.6 is 35.0 Å². The van der Waals surface area contributed by atoms with E-state index in [1.54, 1.807) is 30.0 Å². The molecule has 4 heteroatoms. The number of carbonyl (C=O) groups excluding carboxylic acids is 1. The van der Waals surface area contributed by atoms with Gasteiger partial charge in [-0.25, -0.2) is 0 Å². The van der Waals surface area contributed by atoms with Crippen LogP contribution in [0.4, 0.5) is 0 Å². The molecule has 1 aliphatic rings. The number of halogens is 2. The van der Waals surface area contributed by atoms with E-state index in [4.69, 9.17) is 23.2 Å². The molecular formula is C15H10Cl2OS. The van der Waals surface area contributed by atoms with Gasteiger partial charge in [-0.05, 0) is 29.8 Å². The lowest BCUT2D eigenvalue weighted by molar-refractivity contribution is 0.0968. The molecule has 96 valence electrons. The monoisotopic (exact) mass is 308 g/mol. The predicted molar refractivity (Wildman–Crippen MR) is 80.7 cm³/mol. The number of benzene rings is 2. The number of ketones is 1. The molecule has 0 N–H and O–H groups in total. The SMILES string of the molecule is O=C(c1cc(Cl)ccc1Cl)C1CSc2ccccc21. The minimum Gasteiger partial charge on any atom is -0.293 e. The molecule has 0 aliphatic carbocycles. The van der Waals surface area contributed by atoms with E-state index in [0.29, 0.717) is 15.6 Å². The van der Waals surface area contributed by atoms with E-state index >= 15 is 0 Å². The van der Waals surface area contributed by atoms with Crippen molar-refractivity contribution < 1.29 is 4.79 Å². The Labute approximate surface area is 125 Å². The quantitative estimate of drug-likeness (QED) is 0.721. The number of hydrogen-bond donors (Lipinski definition) is 0. The molecule has 0 aromatic heterocycles. The highest BCUT2D eigenvalue weighted by molar-refractivity contribution is 7.99. The molecule has 0 fully saturated rings. The minimum atomic E-state index is -0.128. The van der Waals surface area contributed by atoms with Crippen LogP contribution in [0.15, 0.2) is 47.4 Å². The molecule has 0 radical (unpaired) electrons. The van der Waals surface area contributed by atoms with E-state index in [2.05, 4.69) is 0 Å². The van der Waals surface area contributed by atoms with Crippen molar-refractivity contribution in [3.05, 3.63) is 63.6 Å². The van der Waals surface area contributed by atoms with Crippen molar-refractivity contribution in [2.24, 2.45) is 0 Å². The van der Waals surface area contributed by atoms with Crippen LogP contribution in [0.2, 0.25) is 10.0 Å². The van der Waals surface area contributed by atoms with E-state index in [1.165, 1.54) is 4.90 Å². The lowest BCUT2D eigenvalue weighted by Crippen LogP contribution is -2.13. The van der Waals surface area contributed by atoms with Crippen LogP contribution in [0.25, 0.3) is 0 Å². The zero-order valence-corrected chi connectivity index (χ0v) is 12.2. The Balaban J connectivity index is 2.00. The van der Waals surface area contributed by atoms with Gasteiger partial charge in [-0.1, -0.05) is 41.4 Å². The highest BCUT2D eigenvalue weighted by atomic mass is 35.5. The third-order valence-corrected chi connectivity index (χ3v) is 4.96. The summed E-state index contributed by atoms with van der Waals surface area (Å²) in [6.07, 6.45) is 0. The van der Waals surface area contributed by atoms with Crippen LogP contribution in [-0.2, 0) is 0 Å². The largest absolute Gasteiger partial charge is 0.293 e. The van der Waals surface area contributed by atoms with Crippen LogP contribution in [0.5, 0.6) is 0 Å². The number of fused-ring (bicyclic) bond motifs is 1. The van der Waals surface area contributed by atoms with Crippen molar-refractivity contribution in [1.29, 1.82) is 0 Å². The third-order valence-electron chi connectivity index (χ3n) is 3.21. The van der Waals surface area contributed by atoms with Gasteiger partial charge in [0.1, 0.15) is 0 Å². The molecule has 3 rings (SSSR count). The second kappa shape index (κ2) is 5.20. The fraction of sp³-hybridized carbons (Fsp3) is 0.133. The molecule has 1 unspecified atom stereocenters. The lowest BCUT2D eigenvalue weighted by Gasteiger charge is -2.11. The Bertz CT molecular complexity index is 654. The smallest absolute Gasteiger partial charge is 0.172 e. The normalized spacial score (nSPS) is 17.3. The summed E-state index contributed by atoms with van der Waals surface area (Å²) in [6, 6.07) is 13.0. The fourth-order valence-corrected chi connectivity index (χ4v) is 3.87. The van der Waals surface area contributed by atoms with Gasteiger partial charge in [0.05, 0.1) is 10.9 Å². The summed E-state index contributed by atoms with van der Waals surface area (Å²) in [4.78, 5) is 13.8. The molecule has 1 heterocycles. The Morgan fingerprint density at radius 2 is 1.95 bits per heavy atom. The van der Waals surface area contributed by atoms with E-state index in [0.717, 1.165) is 11.3 Å². The Hall–Kier alpha value is -0.960. The molecule has 2 aromatic rings. The molecule has 19 heavy (non-hydrogen) atoms. The number of thioether (sulfide) groups is 1. The van der Waals surface area contributed by atoms with Gasteiger partial charge in [0.15, 0.2) is 5.78 Å². The van der Waals surface area contributed by atoms with Crippen LogP contribution in [0, 0.1) is 0 Å². The summed E-state index contributed by atoms with van der Waals surface area (Å²) in [6.45, 7) is 0. The third kappa shape index (κ3) is 2.40. The van der Waals surface area contributed by atoms with E-state index in [9.17, 15) is 4.79 Å². The van der Waals surface area contributed by atoms with E-state index in [-0.39, 0.29) is 11.7 Å². The van der Waals surface area contributed by atoms with E-state index < -0.39 is 0 Å². The maximum absolute atomic E-state index is 12.6. The topological polar surface area (TPSA) is 17.1 Å². The number of hydrogen-bond acceptors (Lipinski definition) is 2. The average Bonchev–Trinajstić information content (AvgIpc) is 2.84. The number of Topliss-reactive ketones (excluding diaryl/α,β-unsaturated/α-hetero) is 1.